The summed E-state index contributed by atoms with van der Waals surface area (Å²) >= 11 is 0. The first-order valence-electron chi connectivity index (χ1n) is 4.82. The molecule has 0 unspecified atom stereocenters. The smallest absolute Gasteiger partial charge is 0.373 e. The van der Waals surface area contributed by atoms with Gasteiger partial charge in [-0.1, -0.05) is 12.8 Å². The SMILES string of the molecule is Cn1nc(C2CCCC2)nc1C(=O)O. The number of aromatic nitrogens is 3. The molecule has 5 nitrogen and oxygen atoms in total. The van der Waals surface area contributed by atoms with Crippen molar-refractivity contribution in [2.24, 2.45) is 7.05 Å². The Morgan fingerprint density at radius 1 is 1.50 bits per heavy atom. The molecule has 1 aliphatic carbocycles. The second-order valence-corrected chi connectivity index (χ2v) is 3.70. The van der Waals surface area contributed by atoms with Gasteiger partial charge in [-0.25, -0.2) is 14.5 Å². The summed E-state index contributed by atoms with van der Waals surface area (Å²) in [6.45, 7) is 0. The fraction of sp³-hybridized carbons (Fsp3) is 0.667. The van der Waals surface area contributed by atoms with Crippen LogP contribution < -0.4 is 0 Å². The highest BCUT2D eigenvalue weighted by Crippen LogP contribution is 2.31. The van der Waals surface area contributed by atoms with E-state index in [-0.39, 0.29) is 5.82 Å². The molecule has 1 fully saturated rings. The monoisotopic (exact) mass is 195 g/mol. The zero-order valence-electron chi connectivity index (χ0n) is 8.10. The van der Waals surface area contributed by atoms with Crippen LogP contribution in [-0.4, -0.2) is 25.8 Å². The van der Waals surface area contributed by atoms with Gasteiger partial charge in [0.25, 0.3) is 0 Å². The van der Waals surface area contributed by atoms with Gasteiger partial charge in [0.1, 0.15) is 0 Å². The third-order valence-electron chi connectivity index (χ3n) is 2.69. The van der Waals surface area contributed by atoms with E-state index in [9.17, 15) is 4.79 Å². The number of hydrogen-bond donors (Lipinski definition) is 1. The van der Waals surface area contributed by atoms with E-state index in [0.29, 0.717) is 11.7 Å². The average Bonchev–Trinajstić information content (AvgIpc) is 2.70. The summed E-state index contributed by atoms with van der Waals surface area (Å²) in [5.74, 6) is 0.0906. The number of nitrogens with zero attached hydrogens (tertiary/aromatic N) is 3. The molecule has 1 aromatic rings. The van der Waals surface area contributed by atoms with E-state index in [1.165, 1.54) is 17.5 Å². The maximum absolute atomic E-state index is 10.7. The molecule has 0 amide bonds. The molecule has 0 bridgehead atoms. The molecule has 1 heterocycles. The Morgan fingerprint density at radius 3 is 2.64 bits per heavy atom. The van der Waals surface area contributed by atoms with Crippen LogP contribution in [0.4, 0.5) is 0 Å². The van der Waals surface area contributed by atoms with Crippen molar-refractivity contribution in [3.05, 3.63) is 11.6 Å². The highest BCUT2D eigenvalue weighted by molar-refractivity contribution is 5.83. The third kappa shape index (κ3) is 1.49. The van der Waals surface area contributed by atoms with Crippen molar-refractivity contribution in [2.45, 2.75) is 31.6 Å². The summed E-state index contributed by atoms with van der Waals surface area (Å²) in [7, 11) is 1.62. The molecule has 5 heteroatoms. The van der Waals surface area contributed by atoms with Crippen LogP contribution in [0.3, 0.4) is 0 Å². The number of rotatable bonds is 2. The number of carboxylic acids is 1. The molecular weight excluding hydrogens is 182 g/mol. The molecule has 1 aliphatic rings. The van der Waals surface area contributed by atoms with Crippen LogP contribution in [0.2, 0.25) is 0 Å². The summed E-state index contributed by atoms with van der Waals surface area (Å²) in [5.41, 5.74) is 0. The molecule has 1 N–H and O–H groups in total. The minimum Gasteiger partial charge on any atom is -0.475 e. The maximum Gasteiger partial charge on any atom is 0.373 e. The van der Waals surface area contributed by atoms with Gasteiger partial charge in [0.2, 0.25) is 5.82 Å². The normalized spacial score (nSPS) is 17.5. The van der Waals surface area contributed by atoms with Crippen LogP contribution in [-0.2, 0) is 7.05 Å². The molecule has 0 radical (unpaired) electrons. The van der Waals surface area contributed by atoms with E-state index >= 15 is 0 Å². The quantitative estimate of drug-likeness (QED) is 0.769. The van der Waals surface area contributed by atoms with Gasteiger partial charge in [-0.15, -0.1) is 0 Å². The standard InChI is InChI=1S/C9H13N3O2/c1-12-8(9(13)14)10-7(11-12)6-4-2-3-5-6/h6H,2-5H2,1H3,(H,13,14). The fourth-order valence-corrected chi connectivity index (χ4v) is 1.95. The van der Waals surface area contributed by atoms with Gasteiger partial charge < -0.3 is 5.11 Å². The molecule has 0 atom stereocenters. The first-order valence-corrected chi connectivity index (χ1v) is 4.82. The highest BCUT2D eigenvalue weighted by atomic mass is 16.4. The summed E-state index contributed by atoms with van der Waals surface area (Å²) in [4.78, 5) is 14.8. The molecule has 2 rings (SSSR count). The van der Waals surface area contributed by atoms with Crippen molar-refractivity contribution >= 4 is 5.97 Å². The van der Waals surface area contributed by atoms with E-state index in [1.54, 1.807) is 7.05 Å². The van der Waals surface area contributed by atoms with Crippen molar-refractivity contribution in [1.29, 1.82) is 0 Å². The Morgan fingerprint density at radius 2 is 2.14 bits per heavy atom. The molecule has 0 saturated heterocycles. The Balaban J connectivity index is 2.27. The summed E-state index contributed by atoms with van der Waals surface area (Å²) in [6, 6.07) is 0. The van der Waals surface area contributed by atoms with E-state index < -0.39 is 5.97 Å². The van der Waals surface area contributed by atoms with E-state index in [4.69, 9.17) is 5.11 Å². The fourth-order valence-electron chi connectivity index (χ4n) is 1.95. The lowest BCUT2D eigenvalue weighted by molar-refractivity contribution is 0.0678. The van der Waals surface area contributed by atoms with Crippen molar-refractivity contribution < 1.29 is 9.90 Å². The van der Waals surface area contributed by atoms with Gasteiger partial charge in [-0.3, -0.25) is 0 Å². The highest BCUT2D eigenvalue weighted by Gasteiger charge is 2.23. The summed E-state index contributed by atoms with van der Waals surface area (Å²) in [6.07, 6.45) is 4.57. The Kier molecular flexibility index (Phi) is 2.23. The topological polar surface area (TPSA) is 68.0 Å². The van der Waals surface area contributed by atoms with Crippen molar-refractivity contribution in [1.82, 2.24) is 14.8 Å². The van der Waals surface area contributed by atoms with Gasteiger partial charge >= 0.3 is 5.97 Å². The largest absolute Gasteiger partial charge is 0.475 e. The van der Waals surface area contributed by atoms with Gasteiger partial charge in [-0.05, 0) is 12.8 Å². The van der Waals surface area contributed by atoms with Gasteiger partial charge in [-0.2, -0.15) is 5.10 Å². The van der Waals surface area contributed by atoms with Crippen LogP contribution >= 0.6 is 0 Å². The van der Waals surface area contributed by atoms with Crippen LogP contribution in [0.15, 0.2) is 0 Å². The minimum atomic E-state index is -1.01. The first kappa shape index (κ1) is 9.18. The van der Waals surface area contributed by atoms with Gasteiger partial charge in [0.15, 0.2) is 5.82 Å². The molecule has 1 aromatic heterocycles. The minimum absolute atomic E-state index is 0.0342. The predicted octanol–water partition coefficient (Wildman–Crippen LogP) is 1.17. The molecule has 14 heavy (non-hydrogen) atoms. The van der Waals surface area contributed by atoms with Crippen LogP contribution in [0.1, 0.15) is 48.0 Å². The first-order chi connectivity index (χ1) is 6.68. The van der Waals surface area contributed by atoms with Crippen LogP contribution in [0.5, 0.6) is 0 Å². The number of carbonyl (C=O) groups is 1. The van der Waals surface area contributed by atoms with E-state index in [2.05, 4.69) is 10.1 Å². The third-order valence-corrected chi connectivity index (χ3v) is 2.69. The lowest BCUT2D eigenvalue weighted by Gasteiger charge is -2.00. The van der Waals surface area contributed by atoms with E-state index in [1.807, 2.05) is 0 Å². The summed E-state index contributed by atoms with van der Waals surface area (Å²) in [5, 5.41) is 12.9. The lowest BCUT2D eigenvalue weighted by atomic mass is 10.1. The van der Waals surface area contributed by atoms with Crippen LogP contribution in [0.25, 0.3) is 0 Å². The van der Waals surface area contributed by atoms with Gasteiger partial charge in [0.05, 0.1) is 0 Å². The molecule has 0 aromatic carbocycles. The molecule has 0 aliphatic heterocycles. The van der Waals surface area contributed by atoms with Crippen molar-refractivity contribution in [3.8, 4) is 0 Å². The van der Waals surface area contributed by atoms with Crippen molar-refractivity contribution in [2.75, 3.05) is 0 Å². The number of aromatic carboxylic acids is 1. The zero-order chi connectivity index (χ0) is 10.1. The molecule has 0 spiro atoms. The molecule has 76 valence electrons. The average molecular weight is 195 g/mol. The van der Waals surface area contributed by atoms with Crippen molar-refractivity contribution in [3.63, 3.8) is 0 Å². The van der Waals surface area contributed by atoms with Gasteiger partial charge in [0, 0.05) is 13.0 Å². The number of aryl methyl sites for hydroxylation is 1. The predicted molar refractivity (Wildman–Crippen MR) is 49.2 cm³/mol. The van der Waals surface area contributed by atoms with Crippen LogP contribution in [0, 0.1) is 0 Å². The van der Waals surface area contributed by atoms with E-state index in [0.717, 1.165) is 12.8 Å². The molecular formula is C9H13N3O2. The number of carboxylic acid groups (broad SMARTS) is 1. The summed E-state index contributed by atoms with van der Waals surface area (Å²) < 4.78 is 1.34. The lowest BCUT2D eigenvalue weighted by Crippen LogP contribution is -2.06. The number of hydrogen-bond acceptors (Lipinski definition) is 3. The zero-order valence-corrected chi connectivity index (χ0v) is 8.10. The molecule has 1 saturated carbocycles. The Labute approximate surface area is 81.8 Å². The maximum atomic E-state index is 10.7. The Hall–Kier alpha value is -1.39. The second kappa shape index (κ2) is 3.40. The Bertz CT molecular complexity index is 353. The second-order valence-electron chi connectivity index (χ2n) is 3.70.